The second kappa shape index (κ2) is 19.0. The van der Waals surface area contributed by atoms with Gasteiger partial charge < -0.3 is 20.1 Å². The fourth-order valence-electron chi connectivity index (χ4n) is 4.11. The summed E-state index contributed by atoms with van der Waals surface area (Å²) in [6.07, 6.45) is 2.77. The summed E-state index contributed by atoms with van der Waals surface area (Å²) in [5.41, 5.74) is 5.21. The van der Waals surface area contributed by atoms with Crippen LogP contribution in [-0.2, 0) is 22.3 Å². The Hall–Kier alpha value is -5.38. The molecule has 0 heterocycles. The summed E-state index contributed by atoms with van der Waals surface area (Å²) in [6.45, 7) is 1.59. The van der Waals surface area contributed by atoms with E-state index in [4.69, 9.17) is 9.47 Å². The van der Waals surface area contributed by atoms with Crippen molar-refractivity contribution in [3.05, 3.63) is 120 Å². The molecular weight excluding hydrogens is 568 g/mol. The van der Waals surface area contributed by atoms with Crippen LogP contribution >= 0.6 is 0 Å². The minimum absolute atomic E-state index is 0.287. The summed E-state index contributed by atoms with van der Waals surface area (Å²) in [5.74, 6) is 0. The molecule has 0 aliphatic rings. The lowest BCUT2D eigenvalue weighted by Crippen LogP contribution is -2.27. The fraction of sp³-hybridized carbons (Fsp3) is 0.257. The lowest BCUT2D eigenvalue weighted by atomic mass is 10.1. The molecule has 232 valence electrons. The number of benzene rings is 4. The van der Waals surface area contributed by atoms with Gasteiger partial charge in [-0.1, -0.05) is 60.7 Å². The van der Waals surface area contributed by atoms with Crippen molar-refractivity contribution in [2.24, 2.45) is 20.5 Å². The topological polar surface area (TPSA) is 126 Å². The largest absolute Gasteiger partial charge is 0.449 e. The number of unbranched alkanes of at least 4 members (excludes halogenated alkanes) is 2. The molecule has 4 aromatic rings. The first-order valence-electron chi connectivity index (χ1n) is 15.1. The van der Waals surface area contributed by atoms with Gasteiger partial charge in [-0.3, -0.25) is 0 Å². The first-order valence-corrected chi connectivity index (χ1v) is 15.1. The predicted molar refractivity (Wildman–Crippen MR) is 174 cm³/mol. The van der Waals surface area contributed by atoms with E-state index in [9.17, 15) is 9.59 Å². The monoisotopic (exact) mass is 606 g/mol. The summed E-state index contributed by atoms with van der Waals surface area (Å²) in [4.78, 5) is 23.9. The maximum absolute atomic E-state index is 11.9. The van der Waals surface area contributed by atoms with Gasteiger partial charge in [0.2, 0.25) is 0 Å². The Kier molecular flexibility index (Phi) is 13.7. The quantitative estimate of drug-likeness (QED) is 0.0975. The molecule has 2 amide bonds. The average Bonchev–Trinajstić information content (AvgIpc) is 3.08. The minimum Gasteiger partial charge on any atom is -0.449 e. The molecule has 10 nitrogen and oxygen atoms in total. The van der Waals surface area contributed by atoms with Crippen LogP contribution in [0.15, 0.2) is 130 Å². The maximum Gasteiger partial charge on any atom is 0.407 e. The predicted octanol–water partition coefficient (Wildman–Crippen LogP) is 8.93. The molecule has 0 unspecified atom stereocenters. The van der Waals surface area contributed by atoms with Crippen molar-refractivity contribution in [1.29, 1.82) is 0 Å². The number of rotatable bonds is 16. The zero-order valence-electron chi connectivity index (χ0n) is 25.2. The van der Waals surface area contributed by atoms with Crippen LogP contribution in [0.25, 0.3) is 0 Å². The molecule has 4 rings (SSSR count). The van der Waals surface area contributed by atoms with E-state index >= 15 is 0 Å². The van der Waals surface area contributed by atoms with Crippen molar-refractivity contribution < 1.29 is 19.1 Å². The Bertz CT molecular complexity index is 1380. The van der Waals surface area contributed by atoms with Gasteiger partial charge >= 0.3 is 12.2 Å². The number of nitrogens with one attached hydrogen (secondary N) is 2. The Morgan fingerprint density at radius 2 is 0.822 bits per heavy atom. The molecule has 0 aliphatic heterocycles. The van der Waals surface area contributed by atoms with E-state index in [1.165, 1.54) is 0 Å². The second-order valence-corrected chi connectivity index (χ2v) is 10.1. The number of ether oxygens (including phenoxy) is 2. The number of alkyl carbamates (subject to hydrolysis) is 2. The highest BCUT2D eigenvalue weighted by Crippen LogP contribution is 2.19. The Morgan fingerprint density at radius 1 is 0.467 bits per heavy atom. The van der Waals surface area contributed by atoms with Crippen LogP contribution in [-0.4, -0.2) is 38.5 Å². The van der Waals surface area contributed by atoms with Gasteiger partial charge in [0.25, 0.3) is 0 Å². The van der Waals surface area contributed by atoms with Crippen LogP contribution in [0, 0.1) is 0 Å². The van der Waals surface area contributed by atoms with Crippen LogP contribution in [0.1, 0.15) is 30.4 Å². The third-order valence-electron chi connectivity index (χ3n) is 6.59. The highest BCUT2D eigenvalue weighted by atomic mass is 16.6. The first-order chi connectivity index (χ1) is 22.1. The third-order valence-corrected chi connectivity index (χ3v) is 6.59. The molecule has 0 aromatic heterocycles. The number of hydrogen-bond donors (Lipinski definition) is 2. The standard InChI is InChI=1S/C35H38N6O4/c42-34(44-26-22-28-14-18-32(19-15-28)40-38-30-10-4-1-5-11-30)36-24-8-3-9-25-37-35(43)45-27-23-29-16-20-33(21-17-29)41-39-31-12-6-2-7-13-31/h1-2,4-7,10-21H,3,8-9,22-27H2,(H,36,42)(H,37,43). The van der Waals surface area contributed by atoms with E-state index in [0.29, 0.717) is 25.9 Å². The van der Waals surface area contributed by atoms with E-state index in [1.807, 2.05) is 109 Å². The van der Waals surface area contributed by atoms with Gasteiger partial charge in [0.1, 0.15) is 0 Å². The van der Waals surface area contributed by atoms with Crippen molar-refractivity contribution >= 4 is 34.9 Å². The van der Waals surface area contributed by atoms with Crippen molar-refractivity contribution in [2.75, 3.05) is 26.3 Å². The van der Waals surface area contributed by atoms with Crippen molar-refractivity contribution in [2.45, 2.75) is 32.1 Å². The van der Waals surface area contributed by atoms with Crippen LogP contribution in [0.5, 0.6) is 0 Å². The molecular formula is C35H38N6O4. The molecule has 2 N–H and O–H groups in total. The normalized spacial score (nSPS) is 11.0. The van der Waals surface area contributed by atoms with Gasteiger partial charge in [-0.25, -0.2) is 9.59 Å². The number of carbonyl (C=O) groups is 2. The number of amides is 2. The average molecular weight is 607 g/mol. The molecule has 0 bridgehead atoms. The van der Waals surface area contributed by atoms with Gasteiger partial charge in [-0.2, -0.15) is 20.5 Å². The molecule has 4 aromatic carbocycles. The zero-order chi connectivity index (χ0) is 31.4. The molecule has 0 aliphatic carbocycles. The summed E-state index contributed by atoms with van der Waals surface area (Å²) < 4.78 is 10.5. The molecule has 0 radical (unpaired) electrons. The first kappa shape index (κ1) is 32.5. The van der Waals surface area contributed by atoms with Gasteiger partial charge in [0.05, 0.1) is 36.0 Å². The van der Waals surface area contributed by atoms with Crippen molar-refractivity contribution in [3.8, 4) is 0 Å². The Morgan fingerprint density at radius 3 is 1.20 bits per heavy atom. The van der Waals surface area contributed by atoms with Crippen LogP contribution in [0.3, 0.4) is 0 Å². The molecule has 10 heteroatoms. The summed E-state index contributed by atoms with van der Waals surface area (Å²) in [5, 5.41) is 22.4. The summed E-state index contributed by atoms with van der Waals surface area (Å²) >= 11 is 0. The van der Waals surface area contributed by atoms with Crippen molar-refractivity contribution in [1.82, 2.24) is 10.6 Å². The van der Waals surface area contributed by atoms with Crippen LogP contribution in [0.2, 0.25) is 0 Å². The lowest BCUT2D eigenvalue weighted by molar-refractivity contribution is 0.147. The van der Waals surface area contributed by atoms with E-state index < -0.39 is 12.2 Å². The van der Waals surface area contributed by atoms with Gasteiger partial charge in [-0.15, -0.1) is 0 Å². The minimum atomic E-state index is -0.434. The second-order valence-electron chi connectivity index (χ2n) is 10.1. The Balaban J connectivity index is 0.967. The number of nitrogens with zero attached hydrogens (tertiary/aromatic N) is 4. The molecule has 0 fully saturated rings. The van der Waals surface area contributed by atoms with Crippen LogP contribution < -0.4 is 10.6 Å². The summed E-state index contributed by atoms with van der Waals surface area (Å²) in [7, 11) is 0. The Labute approximate surface area is 263 Å². The van der Waals surface area contributed by atoms with Crippen molar-refractivity contribution in [3.63, 3.8) is 0 Å². The molecule has 0 saturated heterocycles. The fourth-order valence-corrected chi connectivity index (χ4v) is 4.11. The van der Waals surface area contributed by atoms with Gasteiger partial charge in [0, 0.05) is 25.9 Å². The number of carbonyl (C=O) groups excluding carboxylic acids is 2. The number of azo groups is 2. The number of hydrogen-bond acceptors (Lipinski definition) is 8. The van der Waals surface area contributed by atoms with Crippen LogP contribution in [0.4, 0.5) is 32.3 Å². The molecule has 0 saturated carbocycles. The molecule has 45 heavy (non-hydrogen) atoms. The van der Waals surface area contributed by atoms with Gasteiger partial charge in [-0.05, 0) is 78.9 Å². The highest BCUT2D eigenvalue weighted by molar-refractivity contribution is 5.67. The highest BCUT2D eigenvalue weighted by Gasteiger charge is 2.04. The van der Waals surface area contributed by atoms with E-state index in [2.05, 4.69) is 31.1 Å². The molecule has 0 spiro atoms. The third kappa shape index (κ3) is 13.2. The maximum atomic E-state index is 11.9. The smallest absolute Gasteiger partial charge is 0.407 e. The molecule has 0 atom stereocenters. The lowest BCUT2D eigenvalue weighted by Gasteiger charge is -2.08. The van der Waals surface area contributed by atoms with E-state index in [1.54, 1.807) is 0 Å². The van der Waals surface area contributed by atoms with Gasteiger partial charge in [0.15, 0.2) is 0 Å². The van der Waals surface area contributed by atoms with E-state index in [0.717, 1.165) is 53.1 Å². The SMILES string of the molecule is O=C(NCCCCCNC(=O)OCCc1ccc(N=Nc2ccccc2)cc1)OCCc1ccc(N=Nc2ccccc2)cc1. The van der Waals surface area contributed by atoms with E-state index in [-0.39, 0.29) is 13.2 Å². The summed E-state index contributed by atoms with van der Waals surface area (Å²) in [6, 6.07) is 34.5. The zero-order valence-corrected chi connectivity index (χ0v) is 25.2.